The van der Waals surface area contributed by atoms with Gasteiger partial charge in [0.05, 0.1) is 36.5 Å². The number of H-pyrrole nitrogens is 1. The fourth-order valence-corrected chi connectivity index (χ4v) is 5.70. The minimum atomic E-state index is -3.80. The summed E-state index contributed by atoms with van der Waals surface area (Å²) in [5.41, 5.74) is 3.15. The first-order valence-corrected chi connectivity index (χ1v) is 12.2. The van der Waals surface area contributed by atoms with Crippen molar-refractivity contribution >= 4 is 21.4 Å². The maximum Gasteiger partial charge on any atom is 0.266 e. The van der Waals surface area contributed by atoms with E-state index in [0.717, 1.165) is 11.3 Å². The van der Waals surface area contributed by atoms with Gasteiger partial charge in [0.25, 0.3) is 10.0 Å². The number of anilines is 2. The molecule has 7 nitrogen and oxygen atoms in total. The molecule has 0 amide bonds. The molecular formula is C25H24N4O3S. The maximum atomic E-state index is 13.8. The van der Waals surface area contributed by atoms with Crippen LogP contribution in [0.25, 0.3) is 0 Å². The molecule has 0 bridgehead atoms. The van der Waals surface area contributed by atoms with Gasteiger partial charge >= 0.3 is 0 Å². The van der Waals surface area contributed by atoms with E-state index in [9.17, 15) is 8.42 Å². The number of nitrogens with zero attached hydrogens (tertiary/aromatic N) is 3. The van der Waals surface area contributed by atoms with Crippen LogP contribution in [-0.2, 0) is 23.2 Å². The summed E-state index contributed by atoms with van der Waals surface area (Å²) in [5.74, 6) is 0.532. The number of aromatic amines is 1. The van der Waals surface area contributed by atoms with Gasteiger partial charge in [0.1, 0.15) is 17.3 Å². The van der Waals surface area contributed by atoms with Crippen LogP contribution in [0.1, 0.15) is 11.3 Å². The summed E-state index contributed by atoms with van der Waals surface area (Å²) in [7, 11) is -3.80. The zero-order valence-electron chi connectivity index (χ0n) is 18.0. The maximum absolute atomic E-state index is 13.8. The van der Waals surface area contributed by atoms with Gasteiger partial charge in [0.15, 0.2) is 0 Å². The van der Waals surface area contributed by atoms with Crippen LogP contribution in [0.4, 0.5) is 11.4 Å². The van der Waals surface area contributed by atoms with Crippen LogP contribution in [0.15, 0.2) is 96.3 Å². The van der Waals surface area contributed by atoms with E-state index >= 15 is 0 Å². The summed E-state index contributed by atoms with van der Waals surface area (Å²) in [6.45, 7) is 1.69. The third-order valence-corrected chi connectivity index (χ3v) is 7.49. The Bertz CT molecular complexity index is 1320. The first kappa shape index (κ1) is 21.1. The number of rotatable bonds is 6. The van der Waals surface area contributed by atoms with Crippen molar-refractivity contribution in [2.24, 2.45) is 0 Å². The van der Waals surface area contributed by atoms with Crippen LogP contribution in [0.2, 0.25) is 0 Å². The van der Waals surface area contributed by atoms with Gasteiger partial charge in [-0.3, -0.25) is 4.31 Å². The minimum Gasteiger partial charge on any atom is -0.487 e. The van der Waals surface area contributed by atoms with Gasteiger partial charge in [0, 0.05) is 12.7 Å². The number of aromatic nitrogens is 2. The van der Waals surface area contributed by atoms with Gasteiger partial charge in [-0.2, -0.15) is 0 Å². The molecule has 2 heterocycles. The first-order chi connectivity index (χ1) is 16.1. The molecule has 168 valence electrons. The lowest BCUT2D eigenvalue weighted by Crippen LogP contribution is -2.35. The van der Waals surface area contributed by atoms with Crippen molar-refractivity contribution in [3.8, 4) is 5.75 Å². The number of benzene rings is 3. The quantitative estimate of drug-likeness (QED) is 0.467. The topological polar surface area (TPSA) is 78.5 Å². The standard InChI is InChI=1S/C25H24N4O3S/c30-33(31)25-13-7-5-11-23(25)28(17-21-16-26-19-27-21)14-15-29(33)22-10-4-6-12-24(22)32-18-20-8-2-1-3-9-20/h1-13,16,19H,14-15,17-18H2,(H,26,27). The second-order valence-electron chi connectivity index (χ2n) is 7.79. The summed E-state index contributed by atoms with van der Waals surface area (Å²) in [6.07, 6.45) is 3.38. The van der Waals surface area contributed by atoms with Crippen molar-refractivity contribution in [3.63, 3.8) is 0 Å². The Morgan fingerprint density at radius 1 is 0.879 bits per heavy atom. The molecule has 0 aliphatic carbocycles. The fourth-order valence-electron chi connectivity index (χ4n) is 4.02. The number of hydrogen-bond acceptors (Lipinski definition) is 5. The normalized spacial score (nSPS) is 15.0. The molecule has 0 unspecified atom stereocenters. The Balaban J connectivity index is 1.50. The first-order valence-electron chi connectivity index (χ1n) is 10.7. The van der Waals surface area contributed by atoms with Crippen LogP contribution in [0, 0.1) is 0 Å². The number of fused-ring (bicyclic) bond motifs is 1. The van der Waals surface area contributed by atoms with E-state index < -0.39 is 10.0 Å². The van der Waals surface area contributed by atoms with Crippen LogP contribution in [-0.4, -0.2) is 31.5 Å². The molecule has 1 aromatic heterocycles. The van der Waals surface area contributed by atoms with Gasteiger partial charge in [0.2, 0.25) is 0 Å². The van der Waals surface area contributed by atoms with E-state index in [0.29, 0.717) is 36.8 Å². The predicted molar refractivity (Wildman–Crippen MR) is 128 cm³/mol. The minimum absolute atomic E-state index is 0.278. The monoisotopic (exact) mass is 460 g/mol. The molecule has 1 N–H and O–H groups in total. The smallest absolute Gasteiger partial charge is 0.266 e. The Kier molecular flexibility index (Phi) is 5.75. The Hall–Kier alpha value is -3.78. The SMILES string of the molecule is O=S1(=O)c2ccccc2N(Cc2cnc[nH]2)CCN1c1ccccc1OCc1ccccc1. The lowest BCUT2D eigenvalue weighted by Gasteiger charge is -2.25. The van der Waals surface area contributed by atoms with Crippen molar-refractivity contribution in [3.05, 3.63) is 103 Å². The molecule has 0 saturated heterocycles. The summed E-state index contributed by atoms with van der Waals surface area (Å²) < 4.78 is 35.2. The number of para-hydroxylation sites is 3. The summed E-state index contributed by atoms with van der Waals surface area (Å²) in [5, 5.41) is 0. The highest BCUT2D eigenvalue weighted by Gasteiger charge is 2.34. The molecule has 33 heavy (non-hydrogen) atoms. The Morgan fingerprint density at radius 2 is 1.61 bits per heavy atom. The van der Waals surface area contributed by atoms with Crippen LogP contribution in [0.5, 0.6) is 5.75 Å². The van der Waals surface area contributed by atoms with E-state index in [1.807, 2.05) is 60.7 Å². The molecule has 1 aliphatic rings. The molecule has 0 fully saturated rings. The molecule has 8 heteroatoms. The summed E-state index contributed by atoms with van der Waals surface area (Å²) in [4.78, 5) is 9.53. The number of ether oxygens (including phenoxy) is 1. The summed E-state index contributed by atoms with van der Waals surface area (Å²) in [6, 6.07) is 24.2. The zero-order chi connectivity index (χ0) is 22.7. The van der Waals surface area contributed by atoms with Crippen LogP contribution >= 0.6 is 0 Å². The molecule has 3 aromatic carbocycles. The van der Waals surface area contributed by atoms with Gasteiger partial charge in [-0.15, -0.1) is 0 Å². The van der Waals surface area contributed by atoms with E-state index in [-0.39, 0.29) is 11.4 Å². The van der Waals surface area contributed by atoms with Gasteiger partial charge in [-0.25, -0.2) is 13.4 Å². The summed E-state index contributed by atoms with van der Waals surface area (Å²) >= 11 is 0. The Morgan fingerprint density at radius 3 is 2.39 bits per heavy atom. The van der Waals surface area contributed by atoms with E-state index in [4.69, 9.17) is 4.74 Å². The molecule has 1 aliphatic heterocycles. The lowest BCUT2D eigenvalue weighted by molar-refractivity contribution is 0.307. The number of hydrogen-bond donors (Lipinski definition) is 1. The Labute approximate surface area is 193 Å². The average molecular weight is 461 g/mol. The lowest BCUT2D eigenvalue weighted by atomic mass is 10.2. The van der Waals surface area contributed by atoms with Gasteiger partial charge in [-0.1, -0.05) is 54.6 Å². The van der Waals surface area contributed by atoms with Crippen molar-refractivity contribution in [1.29, 1.82) is 0 Å². The third kappa shape index (κ3) is 4.29. The molecule has 0 radical (unpaired) electrons. The molecule has 0 saturated carbocycles. The fraction of sp³-hybridized carbons (Fsp3) is 0.160. The average Bonchev–Trinajstić information content (AvgIpc) is 3.33. The highest BCUT2D eigenvalue weighted by atomic mass is 32.2. The molecule has 5 rings (SSSR count). The van der Waals surface area contributed by atoms with Crippen molar-refractivity contribution in [2.75, 3.05) is 22.3 Å². The highest BCUT2D eigenvalue weighted by molar-refractivity contribution is 7.93. The van der Waals surface area contributed by atoms with Gasteiger partial charge < -0.3 is 14.6 Å². The van der Waals surface area contributed by atoms with Crippen molar-refractivity contribution in [2.45, 2.75) is 18.0 Å². The van der Waals surface area contributed by atoms with E-state index in [2.05, 4.69) is 14.9 Å². The van der Waals surface area contributed by atoms with Gasteiger partial charge in [-0.05, 0) is 29.8 Å². The van der Waals surface area contributed by atoms with Crippen LogP contribution < -0.4 is 13.9 Å². The zero-order valence-corrected chi connectivity index (χ0v) is 18.8. The van der Waals surface area contributed by atoms with Crippen molar-refractivity contribution in [1.82, 2.24) is 9.97 Å². The highest BCUT2D eigenvalue weighted by Crippen LogP contribution is 2.38. The number of sulfonamides is 1. The largest absolute Gasteiger partial charge is 0.487 e. The molecular weight excluding hydrogens is 436 g/mol. The predicted octanol–water partition coefficient (Wildman–Crippen LogP) is 4.20. The molecule has 0 spiro atoms. The van der Waals surface area contributed by atoms with E-state index in [1.165, 1.54) is 4.31 Å². The van der Waals surface area contributed by atoms with Crippen LogP contribution in [0.3, 0.4) is 0 Å². The number of imidazole rings is 1. The number of nitrogens with one attached hydrogen (secondary N) is 1. The second kappa shape index (κ2) is 8.99. The molecule has 0 atom stereocenters. The molecule has 4 aromatic rings. The second-order valence-corrected chi connectivity index (χ2v) is 9.62. The van der Waals surface area contributed by atoms with E-state index in [1.54, 1.807) is 30.7 Å². The third-order valence-electron chi connectivity index (χ3n) is 5.63. The van der Waals surface area contributed by atoms with Crippen molar-refractivity contribution < 1.29 is 13.2 Å².